The average Bonchev–Trinajstić information content (AvgIpc) is 3.32. The van der Waals surface area contributed by atoms with E-state index in [2.05, 4.69) is 9.97 Å². The Morgan fingerprint density at radius 1 is 1.24 bits per heavy atom. The van der Waals surface area contributed by atoms with Gasteiger partial charge in [-0.05, 0) is 43.2 Å². The van der Waals surface area contributed by atoms with Crippen LogP contribution in [0, 0.1) is 5.82 Å². The quantitative estimate of drug-likeness (QED) is 0.535. The zero-order valence-corrected chi connectivity index (χ0v) is 15.6. The zero-order valence-electron chi connectivity index (χ0n) is 15.6. The van der Waals surface area contributed by atoms with Crippen LogP contribution < -0.4 is 0 Å². The SMILES string of the molecule is O=C(O)C(c1c[nH]c2cc(F)ccc12)N1CCC(c2nc3ccccc3o2)CC1. The number of nitrogens with one attached hydrogen (secondary N) is 1. The van der Waals surface area contributed by atoms with Crippen molar-refractivity contribution < 1.29 is 18.7 Å². The fourth-order valence-corrected chi connectivity index (χ4v) is 4.30. The third-order valence-electron chi connectivity index (χ3n) is 5.76. The van der Waals surface area contributed by atoms with Crippen LogP contribution in [0.2, 0.25) is 0 Å². The summed E-state index contributed by atoms with van der Waals surface area (Å²) in [6.07, 6.45) is 3.22. The lowest BCUT2D eigenvalue weighted by Gasteiger charge is -2.34. The lowest BCUT2D eigenvalue weighted by Crippen LogP contribution is -2.39. The maximum absolute atomic E-state index is 13.5. The Kier molecular flexibility index (Phi) is 4.32. The van der Waals surface area contributed by atoms with Crippen molar-refractivity contribution in [2.45, 2.75) is 24.8 Å². The molecule has 2 aromatic heterocycles. The Labute approximate surface area is 166 Å². The van der Waals surface area contributed by atoms with Crippen LogP contribution in [0.4, 0.5) is 4.39 Å². The Morgan fingerprint density at radius 2 is 2.03 bits per heavy atom. The third-order valence-corrected chi connectivity index (χ3v) is 5.76. The highest BCUT2D eigenvalue weighted by Gasteiger charge is 2.34. The van der Waals surface area contributed by atoms with Crippen molar-refractivity contribution in [3.8, 4) is 0 Å². The highest BCUT2D eigenvalue weighted by molar-refractivity contribution is 5.89. The number of carbonyl (C=O) groups is 1. The molecule has 0 spiro atoms. The summed E-state index contributed by atoms with van der Waals surface area (Å²) in [6.45, 7) is 1.24. The van der Waals surface area contributed by atoms with Crippen molar-refractivity contribution in [3.05, 3.63) is 65.9 Å². The second-order valence-electron chi connectivity index (χ2n) is 7.50. The molecule has 1 aliphatic rings. The molecule has 6 nitrogen and oxygen atoms in total. The van der Waals surface area contributed by atoms with Gasteiger partial charge in [0, 0.05) is 41.7 Å². The molecule has 3 heterocycles. The number of hydrogen-bond donors (Lipinski definition) is 2. The minimum Gasteiger partial charge on any atom is -0.480 e. The fourth-order valence-electron chi connectivity index (χ4n) is 4.30. The van der Waals surface area contributed by atoms with E-state index < -0.39 is 12.0 Å². The van der Waals surface area contributed by atoms with Crippen molar-refractivity contribution in [1.82, 2.24) is 14.9 Å². The molecule has 148 valence electrons. The van der Waals surface area contributed by atoms with Crippen LogP contribution in [0.5, 0.6) is 0 Å². The number of oxazole rings is 1. The first kappa shape index (κ1) is 17.9. The van der Waals surface area contributed by atoms with Gasteiger partial charge in [-0.3, -0.25) is 9.69 Å². The van der Waals surface area contributed by atoms with Crippen molar-refractivity contribution in [3.63, 3.8) is 0 Å². The summed E-state index contributed by atoms with van der Waals surface area (Å²) >= 11 is 0. The first-order chi connectivity index (χ1) is 14.1. The van der Waals surface area contributed by atoms with Crippen molar-refractivity contribution >= 4 is 28.0 Å². The normalized spacial score (nSPS) is 17.1. The number of rotatable bonds is 4. The highest BCUT2D eigenvalue weighted by Crippen LogP contribution is 2.35. The second-order valence-corrected chi connectivity index (χ2v) is 7.50. The number of aliphatic carboxylic acids is 1. The van der Waals surface area contributed by atoms with Crippen molar-refractivity contribution in [1.29, 1.82) is 0 Å². The standard InChI is InChI=1S/C22H20FN3O3/c23-14-5-6-15-16(12-24-18(15)11-14)20(22(27)28)26-9-7-13(8-10-26)21-25-17-3-1-2-4-19(17)29-21/h1-6,11-13,20,24H,7-10H2,(H,27,28). The van der Waals surface area contributed by atoms with Gasteiger partial charge in [-0.2, -0.15) is 0 Å². The molecule has 0 saturated carbocycles. The molecule has 4 aromatic rings. The largest absolute Gasteiger partial charge is 0.480 e. The third kappa shape index (κ3) is 3.17. The number of nitrogens with zero attached hydrogens (tertiary/aromatic N) is 2. The van der Waals surface area contributed by atoms with Gasteiger partial charge in [0.05, 0.1) is 0 Å². The van der Waals surface area contributed by atoms with Crippen LogP contribution in [0.25, 0.3) is 22.0 Å². The number of H-pyrrole nitrogens is 1. The number of hydrogen-bond acceptors (Lipinski definition) is 4. The molecule has 1 atom stereocenters. The maximum atomic E-state index is 13.5. The Hall–Kier alpha value is -3.19. The van der Waals surface area contributed by atoms with E-state index in [-0.39, 0.29) is 11.7 Å². The van der Waals surface area contributed by atoms with E-state index in [9.17, 15) is 14.3 Å². The van der Waals surface area contributed by atoms with Gasteiger partial charge in [-0.25, -0.2) is 9.37 Å². The molecule has 2 aromatic carbocycles. The van der Waals surface area contributed by atoms with Gasteiger partial charge in [0.1, 0.15) is 17.4 Å². The molecular formula is C22H20FN3O3. The predicted octanol–water partition coefficient (Wildman–Crippen LogP) is 4.45. The van der Waals surface area contributed by atoms with Gasteiger partial charge in [0.25, 0.3) is 0 Å². The number of carboxylic acids is 1. The molecule has 2 N–H and O–H groups in total. The van der Waals surface area contributed by atoms with Gasteiger partial charge in [-0.15, -0.1) is 0 Å². The number of aromatic amines is 1. The number of halogens is 1. The maximum Gasteiger partial charge on any atom is 0.325 e. The molecule has 0 amide bonds. The van der Waals surface area contributed by atoms with Gasteiger partial charge in [0.2, 0.25) is 0 Å². The lowest BCUT2D eigenvalue weighted by molar-refractivity contribution is -0.144. The van der Waals surface area contributed by atoms with Crippen LogP contribution in [-0.2, 0) is 4.79 Å². The number of carboxylic acid groups (broad SMARTS) is 1. The molecular weight excluding hydrogens is 373 g/mol. The monoisotopic (exact) mass is 393 g/mol. The van der Waals surface area contributed by atoms with Crippen LogP contribution in [0.15, 0.2) is 53.1 Å². The van der Waals surface area contributed by atoms with E-state index >= 15 is 0 Å². The number of likely N-dealkylation sites (tertiary alicyclic amines) is 1. The first-order valence-corrected chi connectivity index (χ1v) is 9.69. The molecule has 1 saturated heterocycles. The van der Waals surface area contributed by atoms with E-state index in [1.54, 1.807) is 12.3 Å². The van der Waals surface area contributed by atoms with Crippen LogP contribution in [0.1, 0.15) is 36.3 Å². The summed E-state index contributed by atoms with van der Waals surface area (Å²) in [7, 11) is 0. The Morgan fingerprint density at radius 3 is 2.79 bits per heavy atom. The van der Waals surface area contributed by atoms with Crippen molar-refractivity contribution in [2.75, 3.05) is 13.1 Å². The topological polar surface area (TPSA) is 82.4 Å². The van der Waals surface area contributed by atoms with Crippen molar-refractivity contribution in [2.24, 2.45) is 0 Å². The zero-order chi connectivity index (χ0) is 20.0. The predicted molar refractivity (Wildman–Crippen MR) is 106 cm³/mol. The summed E-state index contributed by atoms with van der Waals surface area (Å²) in [4.78, 5) is 21.7. The van der Waals surface area contributed by atoms with E-state index in [0.29, 0.717) is 24.2 Å². The number of aromatic nitrogens is 2. The van der Waals surface area contributed by atoms with Crippen LogP contribution >= 0.6 is 0 Å². The molecule has 1 fully saturated rings. The van der Waals surface area contributed by atoms with E-state index in [1.165, 1.54) is 12.1 Å². The van der Waals surface area contributed by atoms with E-state index in [1.807, 2.05) is 29.2 Å². The molecule has 1 aliphatic heterocycles. The van der Waals surface area contributed by atoms with Gasteiger partial charge >= 0.3 is 5.97 Å². The summed E-state index contributed by atoms with van der Waals surface area (Å²) in [5, 5.41) is 10.7. The van der Waals surface area contributed by atoms with Crippen LogP contribution in [-0.4, -0.2) is 39.0 Å². The minimum absolute atomic E-state index is 0.171. The smallest absolute Gasteiger partial charge is 0.325 e. The minimum atomic E-state index is -0.907. The summed E-state index contributed by atoms with van der Waals surface area (Å²) in [5.74, 6) is -0.363. The van der Waals surface area contributed by atoms with E-state index in [0.717, 1.165) is 35.2 Å². The number of para-hydroxylation sites is 2. The first-order valence-electron chi connectivity index (χ1n) is 9.69. The average molecular weight is 393 g/mol. The van der Waals surface area contributed by atoms with Gasteiger partial charge in [0.15, 0.2) is 11.5 Å². The lowest BCUT2D eigenvalue weighted by atomic mass is 9.94. The van der Waals surface area contributed by atoms with E-state index in [4.69, 9.17) is 4.42 Å². The number of benzene rings is 2. The summed E-state index contributed by atoms with van der Waals surface area (Å²) in [5.41, 5.74) is 2.89. The number of piperidine rings is 1. The molecule has 0 aliphatic carbocycles. The van der Waals surface area contributed by atoms with Gasteiger partial charge in [-0.1, -0.05) is 12.1 Å². The highest BCUT2D eigenvalue weighted by atomic mass is 19.1. The number of fused-ring (bicyclic) bond motifs is 2. The molecule has 0 radical (unpaired) electrons. The molecule has 5 rings (SSSR count). The fraction of sp³-hybridized carbons (Fsp3) is 0.273. The van der Waals surface area contributed by atoms with Gasteiger partial charge < -0.3 is 14.5 Å². The Bertz CT molecular complexity index is 1160. The molecule has 7 heteroatoms. The molecule has 29 heavy (non-hydrogen) atoms. The second kappa shape index (κ2) is 7.00. The summed E-state index contributed by atoms with van der Waals surface area (Å²) in [6, 6.07) is 11.3. The molecule has 1 unspecified atom stereocenters. The Balaban J connectivity index is 1.38. The summed E-state index contributed by atoms with van der Waals surface area (Å²) < 4.78 is 19.4. The molecule has 0 bridgehead atoms. The van der Waals surface area contributed by atoms with Crippen LogP contribution in [0.3, 0.4) is 0 Å².